The number of fused-ring (bicyclic) bond motifs is 3. The quantitative estimate of drug-likeness (QED) is 0.197. The molecule has 2 bridgehead atoms. The molecule has 14 heteroatoms. The summed E-state index contributed by atoms with van der Waals surface area (Å²) >= 11 is 0. The average Bonchev–Trinajstić information content (AvgIpc) is 3.05. The third-order valence-electron chi connectivity index (χ3n) is 7.94. The molecule has 3 rings (SSSR count). The molecule has 1 fully saturated rings. The van der Waals surface area contributed by atoms with E-state index in [2.05, 4.69) is 26.6 Å². The molecule has 1 saturated heterocycles. The van der Waals surface area contributed by atoms with E-state index >= 15 is 0 Å². The molecule has 14 nitrogen and oxygen atoms in total. The first-order valence-electron chi connectivity index (χ1n) is 16.3. The fraction of sp³-hybridized carbons (Fsp3) is 0.576. The Morgan fingerprint density at radius 1 is 1.00 bits per heavy atom. The lowest BCUT2D eigenvalue weighted by atomic mass is 9.95. The molecule has 1 aromatic rings. The first kappa shape index (κ1) is 37.2. The van der Waals surface area contributed by atoms with E-state index in [0.29, 0.717) is 50.1 Å². The summed E-state index contributed by atoms with van der Waals surface area (Å²) in [4.78, 5) is 79.8. The lowest BCUT2D eigenvalue weighted by molar-refractivity contribution is -0.135. The SMILES string of the molecule is CC(C)C[C@@H]1NC(=O)[C@@H]2CCCN(C2)C(=O)/C=C/C(=O)NCC[C@@H](C(=O)NCCOCCN)NC(=O)Cc2ccccc2CNC1=O. The maximum atomic E-state index is 13.4. The summed E-state index contributed by atoms with van der Waals surface area (Å²) in [5.41, 5.74) is 6.80. The lowest BCUT2D eigenvalue weighted by Crippen LogP contribution is -2.52. The van der Waals surface area contributed by atoms with Crippen LogP contribution in [0.15, 0.2) is 36.4 Å². The number of carbonyl (C=O) groups is 6. The number of ether oxygens (including phenoxy) is 1. The zero-order valence-corrected chi connectivity index (χ0v) is 27.3. The van der Waals surface area contributed by atoms with Gasteiger partial charge in [-0.25, -0.2) is 0 Å². The Morgan fingerprint density at radius 2 is 1.77 bits per heavy atom. The van der Waals surface area contributed by atoms with E-state index in [-0.39, 0.29) is 63.4 Å². The zero-order chi connectivity index (χ0) is 34.2. The number of nitrogens with zero attached hydrogens (tertiary/aromatic N) is 1. The maximum absolute atomic E-state index is 13.4. The average molecular weight is 656 g/mol. The number of rotatable bonds is 8. The Balaban J connectivity index is 1.82. The van der Waals surface area contributed by atoms with E-state index in [1.165, 1.54) is 4.90 Å². The molecule has 0 saturated carbocycles. The van der Waals surface area contributed by atoms with E-state index in [4.69, 9.17) is 10.5 Å². The number of nitrogens with two attached hydrogens (primary N) is 1. The molecule has 0 spiro atoms. The second-order valence-electron chi connectivity index (χ2n) is 12.2. The van der Waals surface area contributed by atoms with Crippen molar-refractivity contribution in [2.45, 2.75) is 64.6 Å². The minimum atomic E-state index is -0.960. The van der Waals surface area contributed by atoms with Gasteiger partial charge in [0.05, 0.1) is 25.6 Å². The van der Waals surface area contributed by atoms with Crippen molar-refractivity contribution >= 4 is 35.4 Å². The van der Waals surface area contributed by atoms with Crippen molar-refractivity contribution < 1.29 is 33.5 Å². The van der Waals surface area contributed by atoms with Crippen molar-refractivity contribution in [1.82, 2.24) is 31.5 Å². The molecule has 6 amide bonds. The van der Waals surface area contributed by atoms with Gasteiger partial charge in [-0.3, -0.25) is 28.8 Å². The highest BCUT2D eigenvalue weighted by Gasteiger charge is 2.31. The largest absolute Gasteiger partial charge is 0.378 e. The first-order valence-corrected chi connectivity index (χ1v) is 16.3. The van der Waals surface area contributed by atoms with Crippen LogP contribution in [0.25, 0.3) is 0 Å². The number of hydrogen-bond donors (Lipinski definition) is 6. The molecule has 2 aliphatic rings. The third kappa shape index (κ3) is 12.8. The minimum absolute atomic E-state index is 0.0471. The highest BCUT2D eigenvalue weighted by Crippen LogP contribution is 2.18. The van der Waals surface area contributed by atoms with Gasteiger partial charge in [0, 0.05) is 51.4 Å². The van der Waals surface area contributed by atoms with E-state index in [9.17, 15) is 28.8 Å². The lowest BCUT2D eigenvalue weighted by Gasteiger charge is -2.32. The predicted molar refractivity (Wildman–Crippen MR) is 174 cm³/mol. The van der Waals surface area contributed by atoms with Gasteiger partial charge in [-0.05, 0) is 42.7 Å². The van der Waals surface area contributed by atoms with Crippen LogP contribution in [0.1, 0.15) is 50.7 Å². The smallest absolute Gasteiger partial charge is 0.246 e. The van der Waals surface area contributed by atoms with Crippen LogP contribution in [0.3, 0.4) is 0 Å². The van der Waals surface area contributed by atoms with Gasteiger partial charge in [0.15, 0.2) is 0 Å². The van der Waals surface area contributed by atoms with Gasteiger partial charge in [0.25, 0.3) is 0 Å². The van der Waals surface area contributed by atoms with Crippen molar-refractivity contribution in [2.24, 2.45) is 17.6 Å². The van der Waals surface area contributed by atoms with E-state index in [1.807, 2.05) is 13.8 Å². The first-order chi connectivity index (χ1) is 22.6. The van der Waals surface area contributed by atoms with Gasteiger partial charge < -0.3 is 42.0 Å². The van der Waals surface area contributed by atoms with E-state index < -0.39 is 41.6 Å². The molecule has 3 atom stereocenters. The fourth-order valence-corrected chi connectivity index (χ4v) is 5.48. The van der Waals surface area contributed by atoms with Crippen molar-refractivity contribution in [1.29, 1.82) is 0 Å². The number of hydrogen-bond acceptors (Lipinski definition) is 8. The molecule has 0 aliphatic carbocycles. The molecular formula is C33H49N7O7. The molecule has 0 radical (unpaired) electrons. The fourth-order valence-electron chi connectivity index (χ4n) is 5.48. The van der Waals surface area contributed by atoms with Gasteiger partial charge in [0.2, 0.25) is 35.4 Å². The number of amides is 6. The van der Waals surface area contributed by atoms with Crippen LogP contribution < -0.4 is 32.3 Å². The van der Waals surface area contributed by atoms with Crippen LogP contribution in [-0.2, 0) is 46.5 Å². The summed E-state index contributed by atoms with van der Waals surface area (Å²) in [6.45, 7) is 5.87. The molecule has 7 N–H and O–H groups in total. The Kier molecular flexibility index (Phi) is 15.3. The van der Waals surface area contributed by atoms with Crippen LogP contribution in [-0.4, -0.2) is 98.4 Å². The highest BCUT2D eigenvalue weighted by atomic mass is 16.5. The summed E-state index contributed by atoms with van der Waals surface area (Å²) in [7, 11) is 0. The van der Waals surface area contributed by atoms with Gasteiger partial charge in [-0.1, -0.05) is 38.1 Å². The molecule has 2 aliphatic heterocycles. The van der Waals surface area contributed by atoms with Crippen molar-refractivity contribution in [3.8, 4) is 0 Å². The number of benzene rings is 1. The summed E-state index contributed by atoms with van der Waals surface area (Å²) < 4.78 is 5.30. The number of piperidine rings is 1. The van der Waals surface area contributed by atoms with Crippen LogP contribution in [0.4, 0.5) is 0 Å². The van der Waals surface area contributed by atoms with Crippen LogP contribution in [0.2, 0.25) is 0 Å². The second-order valence-corrected chi connectivity index (χ2v) is 12.2. The van der Waals surface area contributed by atoms with E-state index in [1.54, 1.807) is 24.3 Å². The van der Waals surface area contributed by atoms with Gasteiger partial charge in [0.1, 0.15) is 12.1 Å². The van der Waals surface area contributed by atoms with Crippen LogP contribution >= 0.6 is 0 Å². The summed E-state index contributed by atoms with van der Waals surface area (Å²) in [6.07, 6.45) is 3.89. The number of nitrogens with one attached hydrogen (secondary N) is 5. The van der Waals surface area contributed by atoms with Crippen molar-refractivity contribution in [3.63, 3.8) is 0 Å². The predicted octanol–water partition coefficient (Wildman–Crippen LogP) is -0.733. The Labute approximate surface area is 276 Å². The van der Waals surface area contributed by atoms with Gasteiger partial charge in [-0.15, -0.1) is 0 Å². The molecular weight excluding hydrogens is 606 g/mol. The normalized spacial score (nSPS) is 22.9. The standard InChI is InChI=1S/C33H49N7O7/c1-22(2)18-27-33(46)37-20-24-7-4-3-6-23(24)19-29(42)38-26(32(45)36-14-17-47-16-12-34)11-13-35-28(41)9-10-30(43)40-15-5-8-25(21-40)31(44)39-27/h3-4,6-7,9-10,22,25-27H,5,8,11-21,34H2,1-2H3,(H,35,41)(H,36,45)(H,37,46)(H,38,42)(H,39,44)/b10-9+/t25-,26+,27+/m1/s1. The topological polar surface area (TPSA) is 201 Å². The summed E-state index contributed by atoms with van der Waals surface area (Å²) in [5.74, 6) is -2.84. The zero-order valence-electron chi connectivity index (χ0n) is 27.3. The summed E-state index contributed by atoms with van der Waals surface area (Å²) in [6, 6.07) is 5.42. The minimum Gasteiger partial charge on any atom is -0.378 e. The molecule has 47 heavy (non-hydrogen) atoms. The van der Waals surface area contributed by atoms with Gasteiger partial charge >= 0.3 is 0 Å². The van der Waals surface area contributed by atoms with E-state index in [0.717, 1.165) is 12.2 Å². The van der Waals surface area contributed by atoms with Crippen LogP contribution in [0.5, 0.6) is 0 Å². The third-order valence-corrected chi connectivity index (χ3v) is 7.94. The Morgan fingerprint density at radius 3 is 2.51 bits per heavy atom. The molecule has 2 heterocycles. The molecule has 0 aromatic heterocycles. The monoisotopic (exact) mass is 655 g/mol. The Bertz CT molecular complexity index is 1290. The van der Waals surface area contributed by atoms with Crippen molar-refractivity contribution in [3.05, 3.63) is 47.5 Å². The molecule has 258 valence electrons. The highest BCUT2D eigenvalue weighted by molar-refractivity contribution is 5.97. The van der Waals surface area contributed by atoms with Gasteiger partial charge in [-0.2, -0.15) is 0 Å². The molecule has 1 aromatic carbocycles. The molecule has 0 unspecified atom stereocenters. The Hall–Kier alpha value is -4.30. The maximum Gasteiger partial charge on any atom is 0.246 e. The van der Waals surface area contributed by atoms with Crippen molar-refractivity contribution in [2.75, 3.05) is 45.9 Å². The van der Waals surface area contributed by atoms with Crippen LogP contribution in [0, 0.1) is 11.8 Å². The second kappa shape index (κ2) is 19.4. The number of carbonyl (C=O) groups excluding carboxylic acids is 6. The summed E-state index contributed by atoms with van der Waals surface area (Å²) in [5, 5.41) is 14.0.